The number of hydrogen-bond acceptors (Lipinski definition) is 4. The van der Waals surface area contributed by atoms with E-state index in [-0.39, 0.29) is 12.8 Å². The van der Waals surface area contributed by atoms with Crippen LogP contribution in [0.4, 0.5) is 0 Å². The van der Waals surface area contributed by atoms with Crippen molar-refractivity contribution in [3.63, 3.8) is 0 Å². The van der Waals surface area contributed by atoms with Gasteiger partial charge in [-0.25, -0.2) is 0 Å². The summed E-state index contributed by atoms with van der Waals surface area (Å²) >= 11 is 0. The van der Waals surface area contributed by atoms with Crippen molar-refractivity contribution < 1.29 is 18.4 Å². The fraction of sp³-hybridized carbons (Fsp3) is 1.00. The van der Waals surface area contributed by atoms with Gasteiger partial charge in [-0.05, 0) is 12.8 Å². The molecule has 4 nitrogen and oxygen atoms in total. The molecule has 2 atom stereocenters. The molecule has 14 heavy (non-hydrogen) atoms. The fourth-order valence-electron chi connectivity index (χ4n) is 0.719. The fourth-order valence-corrected chi connectivity index (χ4v) is 0.719. The highest BCUT2D eigenvalue weighted by Crippen LogP contribution is 1.89. The van der Waals surface area contributed by atoms with E-state index in [4.69, 9.17) is 18.4 Å². The molecule has 0 rings (SSSR count). The quantitative estimate of drug-likeness (QED) is 0.422. The van der Waals surface area contributed by atoms with Crippen molar-refractivity contribution in [1.29, 1.82) is 0 Å². The molecule has 0 aromatic carbocycles. The summed E-state index contributed by atoms with van der Waals surface area (Å²) < 4.78 is 46.5. The summed E-state index contributed by atoms with van der Waals surface area (Å²) in [4.78, 5) is 0. The predicted octanol–water partition coefficient (Wildman–Crippen LogP) is -0.293. The van der Waals surface area contributed by atoms with E-state index in [1.165, 1.54) is 0 Å². The van der Waals surface area contributed by atoms with Crippen LogP contribution >= 0.6 is 0 Å². The van der Waals surface area contributed by atoms with Crippen molar-refractivity contribution in [2.24, 2.45) is 0 Å². The molecule has 4 heteroatoms. The molecule has 0 unspecified atom stereocenters. The molecule has 0 radical (unpaired) electrons. The van der Waals surface area contributed by atoms with Gasteiger partial charge in [-0.15, -0.1) is 0 Å². The number of hydrogen-bond donors (Lipinski definition) is 4. The van der Waals surface area contributed by atoms with E-state index in [2.05, 4.69) is 10.6 Å². The van der Waals surface area contributed by atoms with Crippen LogP contribution in [0.2, 0.25) is 0 Å². The molecule has 0 aromatic rings. The molecule has 0 aliphatic carbocycles. The molecule has 0 saturated heterocycles. The monoisotopic (exact) mass is 210 g/mol. The molecule has 0 aliphatic rings. The van der Waals surface area contributed by atoms with Crippen LogP contribution < -0.4 is 10.6 Å². The van der Waals surface area contributed by atoms with Crippen molar-refractivity contribution in [1.82, 2.24) is 10.6 Å². The van der Waals surface area contributed by atoms with E-state index in [0.29, 0.717) is 0 Å². The van der Waals surface area contributed by atoms with E-state index in [1.807, 2.05) is 0 Å². The summed E-state index contributed by atoms with van der Waals surface area (Å²) in [7, 11) is 0. The lowest BCUT2D eigenvalue weighted by atomic mass is 10.2. The van der Waals surface area contributed by atoms with Gasteiger partial charge in [-0.3, -0.25) is 0 Å². The molecule has 0 bridgehead atoms. The first-order chi connectivity index (χ1) is 8.91. The maximum absolute atomic E-state index is 9.10. The van der Waals surface area contributed by atoms with E-state index < -0.39 is 38.2 Å². The first-order valence-electron chi connectivity index (χ1n) is 7.71. The molecule has 4 N–H and O–H groups in total. The van der Waals surface area contributed by atoms with Crippen LogP contribution in [0.15, 0.2) is 0 Å². The zero-order valence-electron chi connectivity index (χ0n) is 14.7. The predicted molar refractivity (Wildman–Crippen MR) is 58.3 cm³/mol. The van der Waals surface area contributed by atoms with Gasteiger partial charge in [0.05, 0.1) is 13.2 Å². The second-order valence-electron chi connectivity index (χ2n) is 2.73. The Morgan fingerprint density at radius 1 is 1.07 bits per heavy atom. The highest BCUT2D eigenvalue weighted by molar-refractivity contribution is 4.67. The van der Waals surface area contributed by atoms with Gasteiger partial charge >= 0.3 is 0 Å². The zero-order chi connectivity index (χ0) is 16.2. The van der Waals surface area contributed by atoms with Crippen LogP contribution in [0.25, 0.3) is 0 Å². The maximum atomic E-state index is 9.10. The molecule has 0 fully saturated rings. The Morgan fingerprint density at radius 3 is 1.64 bits per heavy atom. The Balaban J connectivity index is 5.16. The zero-order valence-corrected chi connectivity index (χ0v) is 8.72. The molecular formula is C10H24N2O2. The maximum Gasteiger partial charge on any atom is 0.0584 e. The SMILES string of the molecule is [2H]C([2H])(N[C@]([2H])(CC)CO)C([2H])([2H])N[C@]([2H])(CC)CO. The van der Waals surface area contributed by atoms with Gasteiger partial charge in [0, 0.05) is 33.3 Å². The Labute approximate surface area is 95.1 Å². The van der Waals surface area contributed by atoms with Crippen LogP contribution in [0, 0.1) is 0 Å². The van der Waals surface area contributed by atoms with Crippen LogP contribution in [0.1, 0.15) is 34.9 Å². The third kappa shape index (κ3) is 6.32. The third-order valence-corrected chi connectivity index (χ3v) is 1.78. The van der Waals surface area contributed by atoms with Crippen LogP contribution in [-0.2, 0) is 0 Å². The third-order valence-electron chi connectivity index (χ3n) is 1.78. The topological polar surface area (TPSA) is 64.5 Å². The lowest BCUT2D eigenvalue weighted by Crippen LogP contribution is -2.40. The number of aliphatic hydroxyl groups is 2. The Bertz CT molecular complexity index is 278. The molecule has 0 saturated carbocycles. The summed E-state index contributed by atoms with van der Waals surface area (Å²) in [5, 5.41) is 22.5. The average molecular weight is 210 g/mol. The lowest BCUT2D eigenvalue weighted by Gasteiger charge is -2.17. The van der Waals surface area contributed by atoms with Crippen LogP contribution in [0.3, 0.4) is 0 Å². The Kier molecular flexibility index (Phi) is 4.31. The van der Waals surface area contributed by atoms with E-state index >= 15 is 0 Å². The van der Waals surface area contributed by atoms with E-state index in [9.17, 15) is 0 Å². The average Bonchev–Trinajstić information content (AvgIpc) is 2.37. The van der Waals surface area contributed by atoms with Crippen molar-refractivity contribution in [3.8, 4) is 0 Å². The summed E-state index contributed by atoms with van der Waals surface area (Å²) in [5.41, 5.74) is 0. The van der Waals surface area contributed by atoms with Gasteiger partial charge in [-0.2, -0.15) is 0 Å². The van der Waals surface area contributed by atoms with Crippen molar-refractivity contribution in [2.45, 2.75) is 38.7 Å². The second-order valence-corrected chi connectivity index (χ2v) is 2.73. The minimum absolute atomic E-state index is 0.0683. The molecule has 0 aromatic heterocycles. The summed E-state index contributed by atoms with van der Waals surface area (Å²) in [6.45, 7) is -3.68. The minimum atomic E-state index is -2.72. The number of rotatable bonds is 9. The lowest BCUT2D eigenvalue weighted by molar-refractivity contribution is 0.229. The molecular weight excluding hydrogens is 180 g/mol. The smallest absolute Gasteiger partial charge is 0.0584 e. The number of nitrogens with one attached hydrogen (secondary N) is 2. The molecule has 0 aliphatic heterocycles. The van der Waals surface area contributed by atoms with Gasteiger partial charge in [0.1, 0.15) is 0 Å². The van der Waals surface area contributed by atoms with E-state index in [1.54, 1.807) is 13.8 Å². The number of aliphatic hydroxyl groups excluding tert-OH is 2. The largest absolute Gasteiger partial charge is 0.395 e. The molecule has 0 heterocycles. The second kappa shape index (κ2) is 9.40. The van der Waals surface area contributed by atoms with Crippen LogP contribution in [0.5, 0.6) is 0 Å². The molecule has 0 amide bonds. The van der Waals surface area contributed by atoms with Gasteiger partial charge in [0.2, 0.25) is 0 Å². The normalized spacial score (nSPS) is 28.3. The summed E-state index contributed by atoms with van der Waals surface area (Å²) in [5.74, 6) is 0. The van der Waals surface area contributed by atoms with Gasteiger partial charge in [0.15, 0.2) is 0 Å². The highest BCUT2D eigenvalue weighted by atomic mass is 16.3. The summed E-state index contributed by atoms with van der Waals surface area (Å²) in [6, 6.07) is -3.46. The highest BCUT2D eigenvalue weighted by Gasteiger charge is 2.04. The van der Waals surface area contributed by atoms with Gasteiger partial charge in [0.25, 0.3) is 0 Å². The Hall–Kier alpha value is -0.160. The van der Waals surface area contributed by atoms with Crippen molar-refractivity contribution in [3.05, 3.63) is 0 Å². The van der Waals surface area contributed by atoms with Crippen molar-refractivity contribution >= 4 is 0 Å². The van der Waals surface area contributed by atoms with Gasteiger partial charge in [-0.1, -0.05) is 13.8 Å². The molecule has 0 spiro atoms. The summed E-state index contributed by atoms with van der Waals surface area (Å²) in [6.07, 6.45) is 0.137. The first kappa shape index (κ1) is 6.43. The van der Waals surface area contributed by atoms with Crippen molar-refractivity contribution in [2.75, 3.05) is 26.2 Å². The first-order valence-corrected chi connectivity index (χ1v) is 4.71. The van der Waals surface area contributed by atoms with E-state index in [0.717, 1.165) is 0 Å². The minimum Gasteiger partial charge on any atom is -0.395 e. The molecule has 86 valence electrons. The Morgan fingerprint density at radius 2 is 1.43 bits per heavy atom. The van der Waals surface area contributed by atoms with Gasteiger partial charge < -0.3 is 20.8 Å². The van der Waals surface area contributed by atoms with Crippen LogP contribution in [-0.4, -0.2) is 48.5 Å². The standard InChI is InChI=1S/C10H24N2O2/c1-3-9(7-13)11-5-6-12-10(4-2)8-14/h9-14H,3-8H2,1-2H3/t9-,10-/m1/s1/i5D2,6D2,9D,10D.